The van der Waals surface area contributed by atoms with E-state index in [1.807, 2.05) is 0 Å². The highest BCUT2D eigenvalue weighted by molar-refractivity contribution is 7.90. The first-order chi connectivity index (χ1) is 17.5. The zero-order chi connectivity index (χ0) is 26.4. The zero-order valence-electron chi connectivity index (χ0n) is 19.2. The highest BCUT2D eigenvalue weighted by Crippen LogP contribution is 2.33. The summed E-state index contributed by atoms with van der Waals surface area (Å²) in [4.78, 5) is 23.6. The highest BCUT2D eigenvalue weighted by atomic mass is 32.2. The van der Waals surface area contributed by atoms with Crippen LogP contribution in [0.2, 0.25) is 0 Å². The maximum Gasteiger partial charge on any atom is 0.269 e. The van der Waals surface area contributed by atoms with Gasteiger partial charge in [0.15, 0.2) is 9.84 Å². The number of nitrogens with zero attached hydrogens (tertiary/aromatic N) is 4. The number of sulfone groups is 1. The lowest BCUT2D eigenvalue weighted by Crippen LogP contribution is -2.40. The van der Waals surface area contributed by atoms with Gasteiger partial charge in [0, 0.05) is 36.3 Å². The molecule has 0 aliphatic carbocycles. The average Bonchev–Trinajstić information content (AvgIpc) is 3.36. The molecule has 37 heavy (non-hydrogen) atoms. The number of nitro groups is 1. The van der Waals surface area contributed by atoms with E-state index in [0.717, 1.165) is 0 Å². The van der Waals surface area contributed by atoms with Crippen LogP contribution >= 0.6 is 0 Å². The molecule has 0 bridgehead atoms. The third-order valence-corrected chi connectivity index (χ3v) is 9.40. The summed E-state index contributed by atoms with van der Waals surface area (Å²) in [6.45, 7) is 1.10. The number of non-ortho nitro benzene ring substituents is 1. The van der Waals surface area contributed by atoms with Gasteiger partial charge < -0.3 is 10.1 Å². The van der Waals surface area contributed by atoms with Gasteiger partial charge in [0.05, 0.1) is 45.9 Å². The molecule has 1 amide bonds. The van der Waals surface area contributed by atoms with Crippen LogP contribution in [0.4, 0.5) is 11.5 Å². The van der Waals surface area contributed by atoms with E-state index in [9.17, 15) is 31.7 Å². The van der Waals surface area contributed by atoms with Gasteiger partial charge in [0.1, 0.15) is 5.82 Å². The van der Waals surface area contributed by atoms with Crippen molar-refractivity contribution in [3.63, 3.8) is 0 Å². The van der Waals surface area contributed by atoms with Crippen LogP contribution in [0.15, 0.2) is 53.4 Å². The molecule has 0 atom stereocenters. The molecular formula is C22H21N5O8S2. The Balaban J connectivity index is 1.44. The first-order valence-corrected chi connectivity index (χ1v) is 14.4. The Morgan fingerprint density at radius 1 is 1.03 bits per heavy atom. The number of carbonyl (C=O) groups excluding carboxylic acids is 1. The minimum atomic E-state index is -3.73. The third kappa shape index (κ3) is 4.85. The summed E-state index contributed by atoms with van der Waals surface area (Å²) in [7, 11) is -7.17. The number of hydrogen-bond acceptors (Lipinski definition) is 9. The Kier molecular flexibility index (Phi) is 6.31. The molecule has 194 valence electrons. The van der Waals surface area contributed by atoms with Gasteiger partial charge in [-0.3, -0.25) is 14.9 Å². The number of anilines is 1. The van der Waals surface area contributed by atoms with Crippen molar-refractivity contribution in [2.75, 3.05) is 31.6 Å². The predicted octanol–water partition coefficient (Wildman–Crippen LogP) is 1.48. The molecule has 1 saturated heterocycles. The largest absolute Gasteiger partial charge is 0.379 e. The predicted molar refractivity (Wildman–Crippen MR) is 131 cm³/mol. The van der Waals surface area contributed by atoms with Gasteiger partial charge in [0.2, 0.25) is 10.0 Å². The van der Waals surface area contributed by atoms with E-state index < -0.39 is 30.7 Å². The van der Waals surface area contributed by atoms with E-state index >= 15 is 0 Å². The van der Waals surface area contributed by atoms with Crippen LogP contribution in [0, 0.1) is 10.1 Å². The van der Waals surface area contributed by atoms with E-state index in [4.69, 9.17) is 4.74 Å². The summed E-state index contributed by atoms with van der Waals surface area (Å²) < 4.78 is 57.9. The molecule has 1 fully saturated rings. The van der Waals surface area contributed by atoms with Crippen molar-refractivity contribution in [1.29, 1.82) is 0 Å². The van der Waals surface area contributed by atoms with Crippen molar-refractivity contribution in [2.24, 2.45) is 0 Å². The standard InChI is InChI=1S/C22H21N5O8S2/c28-22(15-1-7-18(8-2-15)37(33,34)25-9-11-35-12-10-25)23-21-19-13-36(31,32)14-20(19)24-26(21)16-3-5-17(6-4-16)27(29)30/h1-8H,9-14H2,(H,23,28). The summed E-state index contributed by atoms with van der Waals surface area (Å²) in [5, 5.41) is 18.0. The fourth-order valence-electron chi connectivity index (χ4n) is 4.17. The topological polar surface area (TPSA) is 171 Å². The number of morpholine rings is 1. The highest BCUT2D eigenvalue weighted by Gasteiger charge is 2.33. The number of amides is 1. The number of fused-ring (bicyclic) bond motifs is 1. The number of rotatable bonds is 6. The lowest BCUT2D eigenvalue weighted by atomic mass is 10.2. The van der Waals surface area contributed by atoms with Crippen molar-refractivity contribution in [3.8, 4) is 5.69 Å². The number of sulfonamides is 1. The fourth-order valence-corrected chi connectivity index (χ4v) is 7.07. The molecule has 3 aromatic rings. The molecule has 1 N–H and O–H groups in total. The Morgan fingerprint density at radius 2 is 1.68 bits per heavy atom. The number of benzene rings is 2. The average molecular weight is 548 g/mol. The molecule has 13 nitrogen and oxygen atoms in total. The summed E-state index contributed by atoms with van der Waals surface area (Å²) >= 11 is 0. The second kappa shape index (κ2) is 9.33. The second-order valence-electron chi connectivity index (χ2n) is 8.49. The lowest BCUT2D eigenvalue weighted by Gasteiger charge is -2.26. The smallest absolute Gasteiger partial charge is 0.269 e. The number of nitro benzene ring substituents is 1. The van der Waals surface area contributed by atoms with Crippen molar-refractivity contribution < 1.29 is 31.3 Å². The summed E-state index contributed by atoms with van der Waals surface area (Å²) in [5.41, 5.74) is 1.01. The maximum absolute atomic E-state index is 13.1. The van der Waals surface area contributed by atoms with Gasteiger partial charge >= 0.3 is 0 Å². The van der Waals surface area contributed by atoms with Crippen molar-refractivity contribution in [3.05, 3.63) is 75.5 Å². The molecule has 2 aromatic carbocycles. The number of hydrogen-bond donors (Lipinski definition) is 1. The van der Waals surface area contributed by atoms with Crippen LogP contribution in [0.5, 0.6) is 0 Å². The van der Waals surface area contributed by atoms with Crippen molar-refractivity contribution in [2.45, 2.75) is 16.4 Å². The normalized spacial score (nSPS) is 17.3. The Hall–Kier alpha value is -3.66. The van der Waals surface area contributed by atoms with Crippen molar-refractivity contribution >= 4 is 37.3 Å². The van der Waals surface area contributed by atoms with Crippen LogP contribution < -0.4 is 5.32 Å². The minimum Gasteiger partial charge on any atom is -0.379 e. The van der Waals surface area contributed by atoms with E-state index in [1.54, 1.807) is 0 Å². The Labute approximate surface area is 211 Å². The van der Waals surface area contributed by atoms with Gasteiger partial charge in [-0.2, -0.15) is 9.40 Å². The van der Waals surface area contributed by atoms with Gasteiger partial charge in [-0.15, -0.1) is 0 Å². The van der Waals surface area contributed by atoms with E-state index in [1.165, 1.54) is 57.5 Å². The Bertz CT molecular complexity index is 1590. The number of carbonyl (C=O) groups is 1. The Morgan fingerprint density at radius 3 is 2.30 bits per heavy atom. The molecule has 15 heteroatoms. The molecule has 0 saturated carbocycles. The van der Waals surface area contributed by atoms with Crippen LogP contribution in [0.1, 0.15) is 21.6 Å². The maximum atomic E-state index is 13.1. The molecular weight excluding hydrogens is 526 g/mol. The molecule has 0 radical (unpaired) electrons. The molecule has 0 unspecified atom stereocenters. The van der Waals surface area contributed by atoms with E-state index in [0.29, 0.717) is 24.5 Å². The molecule has 2 aliphatic rings. The van der Waals surface area contributed by atoms with Crippen LogP contribution in [0.25, 0.3) is 5.69 Å². The zero-order valence-corrected chi connectivity index (χ0v) is 20.9. The van der Waals surface area contributed by atoms with E-state index in [-0.39, 0.29) is 52.3 Å². The molecule has 1 aromatic heterocycles. The molecule has 3 heterocycles. The molecule has 2 aliphatic heterocycles. The summed E-state index contributed by atoms with van der Waals surface area (Å²) in [5.74, 6) is -1.09. The first-order valence-electron chi connectivity index (χ1n) is 11.1. The van der Waals surface area contributed by atoms with Crippen molar-refractivity contribution in [1.82, 2.24) is 14.1 Å². The van der Waals surface area contributed by atoms with Gasteiger partial charge in [-0.25, -0.2) is 21.5 Å². The SMILES string of the molecule is O=C(Nc1c2c(nn1-c1ccc([N+](=O)[O-])cc1)CS(=O)(=O)C2)c1ccc(S(=O)(=O)N2CCOCC2)cc1. The van der Waals surface area contributed by atoms with Crippen LogP contribution in [-0.4, -0.2) is 68.1 Å². The first kappa shape index (κ1) is 25.0. The molecule has 5 rings (SSSR count). The molecule has 0 spiro atoms. The van der Waals surface area contributed by atoms with Gasteiger partial charge in [-0.1, -0.05) is 0 Å². The fraction of sp³-hybridized carbons (Fsp3) is 0.273. The van der Waals surface area contributed by atoms with Gasteiger partial charge in [0.25, 0.3) is 11.6 Å². The number of aromatic nitrogens is 2. The third-order valence-electron chi connectivity index (χ3n) is 6.05. The number of ether oxygens (including phenoxy) is 1. The summed E-state index contributed by atoms with van der Waals surface area (Å²) in [6, 6.07) is 10.8. The minimum absolute atomic E-state index is 0.0360. The lowest BCUT2D eigenvalue weighted by molar-refractivity contribution is -0.384. The van der Waals surface area contributed by atoms with E-state index in [2.05, 4.69) is 10.4 Å². The van der Waals surface area contributed by atoms with Crippen LogP contribution in [0.3, 0.4) is 0 Å². The monoisotopic (exact) mass is 547 g/mol. The van der Waals surface area contributed by atoms with Gasteiger partial charge in [-0.05, 0) is 36.4 Å². The quantitative estimate of drug-likeness (QED) is 0.354. The number of nitrogens with one attached hydrogen (secondary N) is 1. The summed E-state index contributed by atoms with van der Waals surface area (Å²) in [6.07, 6.45) is 0. The van der Waals surface area contributed by atoms with Crippen LogP contribution in [-0.2, 0) is 36.1 Å². The second-order valence-corrected chi connectivity index (χ2v) is 12.5.